The fourth-order valence-corrected chi connectivity index (χ4v) is 7.39. The summed E-state index contributed by atoms with van der Waals surface area (Å²) in [5, 5.41) is 5.66. The van der Waals surface area contributed by atoms with E-state index in [4.69, 9.17) is 4.74 Å². The minimum absolute atomic E-state index is 0.128. The topological polar surface area (TPSA) is 122 Å². The number of nitrogens with one attached hydrogen (secondary N) is 2. The summed E-state index contributed by atoms with van der Waals surface area (Å²) < 4.78 is 36.0. The van der Waals surface area contributed by atoms with Gasteiger partial charge in [0.05, 0.1) is 16.0 Å². The van der Waals surface area contributed by atoms with Gasteiger partial charge in [-0.3, -0.25) is 4.79 Å². The van der Waals surface area contributed by atoms with E-state index in [0.29, 0.717) is 18.5 Å². The van der Waals surface area contributed by atoms with E-state index in [0.717, 1.165) is 11.2 Å². The first-order valence-electron chi connectivity index (χ1n) is 12.7. The average Bonchev–Trinajstić information content (AvgIpc) is 3.57. The Morgan fingerprint density at radius 1 is 1.13 bits per heavy atom. The van der Waals surface area contributed by atoms with E-state index >= 15 is 0 Å². The normalized spacial score (nSPS) is 23.2. The zero-order chi connectivity index (χ0) is 27.3. The number of hydrogen-bond acceptors (Lipinski definition) is 6. The van der Waals surface area contributed by atoms with Gasteiger partial charge in [-0.25, -0.2) is 18.2 Å². The second-order valence-electron chi connectivity index (χ2n) is 11.2. The first-order chi connectivity index (χ1) is 17.9. The van der Waals surface area contributed by atoms with E-state index in [-0.39, 0.29) is 35.7 Å². The van der Waals surface area contributed by atoms with Gasteiger partial charge >= 0.3 is 6.09 Å². The lowest BCUT2D eigenvalue weighted by Crippen LogP contribution is -2.60. The summed E-state index contributed by atoms with van der Waals surface area (Å²) in [4.78, 5) is 29.2. The SMILES string of the molecule is C[C@H]1C2CN(S(=O)(=O)c3ccc(CNC(=O)c4ccc5nccn5c4)cc3)C1(CNC(=O)OC(C)(C)C)C2. The quantitative estimate of drug-likeness (QED) is 0.476. The summed E-state index contributed by atoms with van der Waals surface area (Å²) in [6.45, 7) is 8.29. The number of fused-ring (bicyclic) bond motifs is 2. The third kappa shape index (κ3) is 4.76. The molecule has 1 aliphatic carbocycles. The van der Waals surface area contributed by atoms with Crippen LogP contribution in [0.15, 0.2) is 59.9 Å². The van der Waals surface area contributed by atoms with E-state index in [2.05, 4.69) is 15.6 Å². The van der Waals surface area contributed by atoms with Gasteiger partial charge in [0.1, 0.15) is 11.2 Å². The highest BCUT2D eigenvalue weighted by Gasteiger charge is 2.65. The number of amides is 2. The number of imidazole rings is 1. The predicted molar refractivity (Wildman–Crippen MR) is 141 cm³/mol. The molecule has 3 aliphatic rings. The van der Waals surface area contributed by atoms with Crippen LogP contribution >= 0.6 is 0 Å². The molecule has 2 amide bonds. The molecular formula is C27H33N5O5S. The third-order valence-corrected chi connectivity index (χ3v) is 9.58. The molecule has 202 valence electrons. The maximum Gasteiger partial charge on any atom is 0.407 e. The molecular weight excluding hydrogens is 506 g/mol. The van der Waals surface area contributed by atoms with Crippen LogP contribution in [-0.4, -0.2) is 58.3 Å². The number of pyridine rings is 1. The number of rotatable bonds is 7. The highest BCUT2D eigenvalue weighted by atomic mass is 32.2. The third-order valence-electron chi connectivity index (χ3n) is 7.62. The van der Waals surface area contributed by atoms with Gasteiger partial charge in [0, 0.05) is 38.2 Å². The molecule has 10 nitrogen and oxygen atoms in total. The molecule has 38 heavy (non-hydrogen) atoms. The van der Waals surface area contributed by atoms with Crippen molar-refractivity contribution >= 4 is 27.7 Å². The van der Waals surface area contributed by atoms with Crippen molar-refractivity contribution in [2.24, 2.45) is 11.8 Å². The number of ether oxygens (including phenoxy) is 1. The molecule has 2 bridgehead atoms. The summed E-state index contributed by atoms with van der Waals surface area (Å²) in [6.07, 6.45) is 5.30. The van der Waals surface area contributed by atoms with Crippen molar-refractivity contribution in [2.45, 2.75) is 56.7 Å². The second kappa shape index (κ2) is 9.39. The molecule has 2 saturated heterocycles. The van der Waals surface area contributed by atoms with Crippen molar-refractivity contribution < 1.29 is 22.7 Å². The molecule has 1 saturated carbocycles. The average molecular weight is 540 g/mol. The standard InChI is InChI=1S/C27H33N5O5S/c1-18-21-13-27(18,17-30-25(34)37-26(2,3)4)32(16-21)38(35,36)22-8-5-19(6-9-22)14-29-24(33)20-7-10-23-28-11-12-31(23)15-20/h5-12,15,18,21H,13-14,16-17H2,1-4H3,(H,29,33)(H,30,34)/t18-,21?,27?/m0/s1. The maximum absolute atomic E-state index is 13.6. The summed E-state index contributed by atoms with van der Waals surface area (Å²) in [5.74, 6) is 0.159. The van der Waals surface area contributed by atoms with Crippen LogP contribution in [0.3, 0.4) is 0 Å². The minimum atomic E-state index is -3.78. The fraction of sp³-hybridized carbons (Fsp3) is 0.444. The lowest BCUT2D eigenvalue weighted by Gasteiger charge is -2.47. The number of sulfonamides is 1. The smallest absolute Gasteiger partial charge is 0.407 e. The Hall–Kier alpha value is -3.44. The number of hydrogen-bond donors (Lipinski definition) is 2. The molecule has 0 spiro atoms. The Balaban J connectivity index is 1.24. The number of carbonyl (C=O) groups excluding carboxylic acids is 2. The van der Waals surface area contributed by atoms with E-state index in [9.17, 15) is 18.0 Å². The lowest BCUT2D eigenvalue weighted by molar-refractivity contribution is 0.0400. The highest BCUT2D eigenvalue weighted by Crippen LogP contribution is 2.56. The van der Waals surface area contributed by atoms with Crippen molar-refractivity contribution in [1.29, 1.82) is 0 Å². The number of nitrogens with zero attached hydrogens (tertiary/aromatic N) is 3. The molecule has 1 aromatic carbocycles. The number of carbonyl (C=O) groups is 2. The van der Waals surface area contributed by atoms with Crippen LogP contribution in [-0.2, 0) is 21.3 Å². The van der Waals surface area contributed by atoms with Gasteiger partial charge in [-0.1, -0.05) is 19.1 Å². The van der Waals surface area contributed by atoms with Gasteiger partial charge in [0.25, 0.3) is 5.91 Å². The first kappa shape index (κ1) is 26.2. The Kier molecular flexibility index (Phi) is 6.47. The van der Waals surface area contributed by atoms with Gasteiger partial charge < -0.3 is 19.8 Å². The molecule has 11 heteroatoms. The molecule has 3 aromatic rings. The van der Waals surface area contributed by atoms with Crippen LogP contribution in [0.25, 0.3) is 5.65 Å². The van der Waals surface area contributed by atoms with Crippen LogP contribution in [0.1, 0.15) is 50.0 Å². The summed E-state index contributed by atoms with van der Waals surface area (Å²) >= 11 is 0. The molecule has 2 unspecified atom stereocenters. The molecule has 2 N–H and O–H groups in total. The van der Waals surface area contributed by atoms with Crippen LogP contribution in [0, 0.1) is 11.8 Å². The summed E-state index contributed by atoms with van der Waals surface area (Å²) in [6, 6.07) is 10.0. The Bertz CT molecular complexity index is 1480. The monoisotopic (exact) mass is 539 g/mol. The Morgan fingerprint density at radius 3 is 2.55 bits per heavy atom. The Labute approximate surface area is 222 Å². The van der Waals surface area contributed by atoms with Crippen LogP contribution in [0.4, 0.5) is 4.79 Å². The number of aromatic nitrogens is 2. The first-order valence-corrected chi connectivity index (χ1v) is 14.1. The van der Waals surface area contributed by atoms with Crippen LogP contribution in [0.2, 0.25) is 0 Å². The zero-order valence-electron chi connectivity index (χ0n) is 22.0. The molecule has 0 radical (unpaired) electrons. The summed E-state index contributed by atoms with van der Waals surface area (Å²) in [5.41, 5.74) is 0.740. The van der Waals surface area contributed by atoms with Gasteiger partial charge in [0.15, 0.2) is 0 Å². The van der Waals surface area contributed by atoms with Crippen molar-refractivity contribution in [3.63, 3.8) is 0 Å². The number of alkyl carbamates (subject to hydrolysis) is 1. The van der Waals surface area contributed by atoms with Crippen molar-refractivity contribution in [3.8, 4) is 0 Å². The molecule has 2 aliphatic heterocycles. The van der Waals surface area contributed by atoms with Gasteiger partial charge in [-0.15, -0.1) is 0 Å². The molecule has 2 aromatic heterocycles. The molecule has 6 rings (SSSR count). The lowest BCUT2D eigenvalue weighted by atomic mass is 9.64. The molecule has 4 heterocycles. The van der Waals surface area contributed by atoms with Crippen LogP contribution in [0.5, 0.6) is 0 Å². The number of benzene rings is 1. The Morgan fingerprint density at radius 2 is 1.87 bits per heavy atom. The van der Waals surface area contributed by atoms with E-state index in [1.54, 1.807) is 84.5 Å². The second-order valence-corrected chi connectivity index (χ2v) is 13.0. The van der Waals surface area contributed by atoms with E-state index < -0.39 is 27.3 Å². The van der Waals surface area contributed by atoms with Gasteiger partial charge in [-0.05, 0) is 68.9 Å². The molecule has 3 fully saturated rings. The maximum atomic E-state index is 13.6. The van der Waals surface area contributed by atoms with Crippen LogP contribution < -0.4 is 10.6 Å². The van der Waals surface area contributed by atoms with Gasteiger partial charge in [-0.2, -0.15) is 4.31 Å². The van der Waals surface area contributed by atoms with E-state index in [1.165, 1.54) is 0 Å². The fourth-order valence-electron chi connectivity index (χ4n) is 5.48. The molecule has 3 atom stereocenters. The van der Waals surface area contributed by atoms with Crippen molar-refractivity contribution in [3.05, 3.63) is 66.1 Å². The largest absolute Gasteiger partial charge is 0.444 e. The zero-order valence-corrected chi connectivity index (χ0v) is 22.8. The van der Waals surface area contributed by atoms with Crippen molar-refractivity contribution in [1.82, 2.24) is 24.3 Å². The minimum Gasteiger partial charge on any atom is -0.444 e. The van der Waals surface area contributed by atoms with E-state index in [1.807, 2.05) is 6.92 Å². The summed E-state index contributed by atoms with van der Waals surface area (Å²) in [7, 11) is -3.78. The predicted octanol–water partition coefficient (Wildman–Crippen LogP) is 3.19. The van der Waals surface area contributed by atoms with Gasteiger partial charge in [0.2, 0.25) is 10.0 Å². The van der Waals surface area contributed by atoms with Crippen molar-refractivity contribution in [2.75, 3.05) is 13.1 Å². The highest BCUT2D eigenvalue weighted by molar-refractivity contribution is 7.89.